The molecule has 1 saturated heterocycles. The molecule has 0 unspecified atom stereocenters. The quantitative estimate of drug-likeness (QED) is 0.809. The van der Waals surface area contributed by atoms with E-state index in [1.54, 1.807) is 13.3 Å². The van der Waals surface area contributed by atoms with E-state index in [1.807, 2.05) is 19.1 Å². The van der Waals surface area contributed by atoms with Gasteiger partial charge in [-0.2, -0.15) is 4.98 Å². The molecule has 0 radical (unpaired) electrons. The molecule has 1 fully saturated rings. The van der Waals surface area contributed by atoms with Crippen molar-refractivity contribution in [3.8, 4) is 5.75 Å². The highest BCUT2D eigenvalue weighted by Crippen LogP contribution is 2.22. The largest absolute Gasteiger partial charge is 0.497 e. The number of rotatable bonds is 6. The third-order valence-electron chi connectivity index (χ3n) is 4.87. The second-order valence-corrected chi connectivity index (χ2v) is 6.67. The number of nitrogens with two attached hydrogens (primary N) is 1. The van der Waals surface area contributed by atoms with Gasteiger partial charge in [0.15, 0.2) is 0 Å². The van der Waals surface area contributed by atoms with E-state index in [0.717, 1.165) is 37.5 Å². The highest BCUT2D eigenvalue weighted by atomic mass is 16.5. The normalized spacial score (nSPS) is 18.1. The van der Waals surface area contributed by atoms with Gasteiger partial charge in [0.1, 0.15) is 11.6 Å². The van der Waals surface area contributed by atoms with Crippen LogP contribution >= 0.6 is 0 Å². The fourth-order valence-corrected chi connectivity index (χ4v) is 3.31. The number of ether oxygens (including phenoxy) is 1. The molecule has 1 aliphatic heterocycles. The van der Waals surface area contributed by atoms with Crippen molar-refractivity contribution in [2.45, 2.75) is 25.9 Å². The van der Waals surface area contributed by atoms with Crippen LogP contribution in [0.5, 0.6) is 5.75 Å². The highest BCUT2D eigenvalue weighted by Gasteiger charge is 2.28. The van der Waals surface area contributed by atoms with Gasteiger partial charge in [-0.1, -0.05) is 12.1 Å². The lowest BCUT2D eigenvalue weighted by molar-refractivity contribution is 0.135. The summed E-state index contributed by atoms with van der Waals surface area (Å²) in [7, 11) is 1.68. The van der Waals surface area contributed by atoms with Crippen LogP contribution in [-0.4, -0.2) is 59.4 Å². The summed E-state index contributed by atoms with van der Waals surface area (Å²) in [5, 5.41) is 9.51. The number of nitrogens with zero attached hydrogens (tertiary/aromatic N) is 4. The van der Waals surface area contributed by atoms with Crippen LogP contribution in [0.4, 0.5) is 11.8 Å². The van der Waals surface area contributed by atoms with Crippen molar-refractivity contribution < 1.29 is 9.84 Å². The van der Waals surface area contributed by atoms with E-state index in [1.165, 1.54) is 5.56 Å². The number of hydrogen-bond donors (Lipinski definition) is 2. The zero-order chi connectivity index (χ0) is 18.5. The Kier molecular flexibility index (Phi) is 5.90. The first-order valence-electron chi connectivity index (χ1n) is 8.92. The average Bonchev–Trinajstić information content (AvgIpc) is 2.66. The summed E-state index contributed by atoms with van der Waals surface area (Å²) in [5.41, 5.74) is 8.03. The molecule has 1 aromatic carbocycles. The number of aliphatic hydroxyl groups is 1. The first-order chi connectivity index (χ1) is 12.6. The molecule has 1 aliphatic rings. The number of benzene rings is 1. The number of aromatic nitrogens is 2. The van der Waals surface area contributed by atoms with E-state index < -0.39 is 0 Å². The molecule has 26 heavy (non-hydrogen) atoms. The molecule has 0 amide bonds. The molecular formula is C19H27N5O2. The van der Waals surface area contributed by atoms with Crippen molar-refractivity contribution in [3.05, 3.63) is 41.6 Å². The molecule has 0 aliphatic carbocycles. The number of methoxy groups -OCH3 is 1. The molecule has 2 aromatic rings. The predicted molar refractivity (Wildman–Crippen MR) is 102 cm³/mol. The summed E-state index contributed by atoms with van der Waals surface area (Å²) in [4.78, 5) is 13.4. The fraction of sp³-hybridized carbons (Fsp3) is 0.474. The average molecular weight is 357 g/mol. The highest BCUT2D eigenvalue weighted by molar-refractivity contribution is 5.44. The smallest absolute Gasteiger partial charge is 0.227 e. The lowest BCUT2D eigenvalue weighted by Gasteiger charge is -2.41. The number of nitrogen functional groups attached to an aromatic ring is 1. The minimum atomic E-state index is 0.157. The monoisotopic (exact) mass is 357 g/mol. The Balaban J connectivity index is 1.72. The standard InChI is InChI=1S/C19H27N5O2/c1-14-11-21-19(22-18(14)20)24-8-7-23(16(13-24)6-9-25)12-15-4-3-5-17(10-15)26-2/h3-5,10-11,16,25H,6-9,12-13H2,1-2H3,(H2,20,21,22)/t16-/m0/s1. The lowest BCUT2D eigenvalue weighted by Crippen LogP contribution is -2.53. The zero-order valence-electron chi connectivity index (χ0n) is 15.4. The van der Waals surface area contributed by atoms with E-state index in [-0.39, 0.29) is 12.6 Å². The van der Waals surface area contributed by atoms with Gasteiger partial charge in [0.2, 0.25) is 5.95 Å². The molecule has 140 valence electrons. The molecule has 7 nitrogen and oxygen atoms in total. The van der Waals surface area contributed by atoms with Crippen molar-refractivity contribution in [1.82, 2.24) is 14.9 Å². The summed E-state index contributed by atoms with van der Waals surface area (Å²) in [6.07, 6.45) is 2.48. The van der Waals surface area contributed by atoms with Crippen molar-refractivity contribution in [3.63, 3.8) is 0 Å². The van der Waals surface area contributed by atoms with Gasteiger partial charge >= 0.3 is 0 Å². The second-order valence-electron chi connectivity index (χ2n) is 6.67. The molecule has 0 bridgehead atoms. The number of piperazine rings is 1. The molecule has 0 saturated carbocycles. The molecule has 2 heterocycles. The van der Waals surface area contributed by atoms with E-state index in [4.69, 9.17) is 10.5 Å². The Morgan fingerprint density at radius 1 is 1.35 bits per heavy atom. The number of aliphatic hydroxyl groups excluding tert-OH is 1. The molecule has 3 rings (SSSR count). The SMILES string of the molecule is COc1cccc(CN2CCN(c3ncc(C)c(N)n3)C[C@@H]2CCO)c1. The summed E-state index contributed by atoms with van der Waals surface area (Å²) in [5.74, 6) is 2.05. The molecule has 0 spiro atoms. The first-order valence-corrected chi connectivity index (χ1v) is 8.92. The van der Waals surface area contributed by atoms with Gasteiger partial charge in [0.25, 0.3) is 0 Å². The van der Waals surface area contributed by atoms with Crippen LogP contribution in [0.25, 0.3) is 0 Å². The minimum absolute atomic E-state index is 0.157. The minimum Gasteiger partial charge on any atom is -0.497 e. The number of anilines is 2. The Morgan fingerprint density at radius 3 is 2.92 bits per heavy atom. The van der Waals surface area contributed by atoms with Crippen LogP contribution in [-0.2, 0) is 6.54 Å². The summed E-state index contributed by atoms with van der Waals surface area (Å²) in [6, 6.07) is 8.35. The van der Waals surface area contributed by atoms with Gasteiger partial charge in [-0.3, -0.25) is 4.90 Å². The Bertz CT molecular complexity index is 740. The van der Waals surface area contributed by atoms with Crippen LogP contribution in [0, 0.1) is 6.92 Å². The third kappa shape index (κ3) is 4.23. The van der Waals surface area contributed by atoms with Gasteiger partial charge in [-0.15, -0.1) is 0 Å². The van der Waals surface area contributed by atoms with Gasteiger partial charge in [-0.25, -0.2) is 4.98 Å². The van der Waals surface area contributed by atoms with Gasteiger partial charge in [-0.05, 0) is 31.0 Å². The van der Waals surface area contributed by atoms with Crippen LogP contribution < -0.4 is 15.4 Å². The third-order valence-corrected chi connectivity index (χ3v) is 4.87. The van der Waals surface area contributed by atoms with Crippen LogP contribution in [0.15, 0.2) is 30.5 Å². The molecule has 1 aromatic heterocycles. The van der Waals surface area contributed by atoms with Gasteiger partial charge < -0.3 is 20.5 Å². The predicted octanol–water partition coefficient (Wildman–Crippen LogP) is 1.45. The number of aryl methyl sites for hydroxylation is 1. The molecular weight excluding hydrogens is 330 g/mol. The van der Waals surface area contributed by atoms with Crippen LogP contribution in [0.1, 0.15) is 17.5 Å². The van der Waals surface area contributed by atoms with E-state index in [9.17, 15) is 5.11 Å². The van der Waals surface area contributed by atoms with E-state index in [0.29, 0.717) is 18.2 Å². The summed E-state index contributed by atoms with van der Waals surface area (Å²) >= 11 is 0. The van der Waals surface area contributed by atoms with Crippen molar-refractivity contribution >= 4 is 11.8 Å². The molecule has 3 N–H and O–H groups in total. The second kappa shape index (κ2) is 8.33. The topological polar surface area (TPSA) is 87.7 Å². The Morgan fingerprint density at radius 2 is 2.19 bits per heavy atom. The van der Waals surface area contributed by atoms with Crippen molar-refractivity contribution in [1.29, 1.82) is 0 Å². The Hall–Kier alpha value is -2.38. The van der Waals surface area contributed by atoms with E-state index >= 15 is 0 Å². The summed E-state index contributed by atoms with van der Waals surface area (Å²) < 4.78 is 5.32. The molecule has 1 atom stereocenters. The maximum atomic E-state index is 9.51. The fourth-order valence-electron chi connectivity index (χ4n) is 3.31. The van der Waals surface area contributed by atoms with Gasteiger partial charge in [0.05, 0.1) is 7.11 Å². The first kappa shape index (κ1) is 18.4. The zero-order valence-corrected chi connectivity index (χ0v) is 15.4. The summed E-state index contributed by atoms with van der Waals surface area (Å²) in [6.45, 7) is 5.36. The van der Waals surface area contributed by atoms with Crippen LogP contribution in [0.3, 0.4) is 0 Å². The maximum absolute atomic E-state index is 9.51. The van der Waals surface area contributed by atoms with Crippen LogP contribution in [0.2, 0.25) is 0 Å². The number of hydrogen-bond acceptors (Lipinski definition) is 7. The maximum Gasteiger partial charge on any atom is 0.227 e. The van der Waals surface area contributed by atoms with Crippen molar-refractivity contribution in [2.24, 2.45) is 0 Å². The van der Waals surface area contributed by atoms with Gasteiger partial charge in [0, 0.05) is 50.6 Å². The molecule has 7 heteroatoms. The Labute approximate surface area is 154 Å². The lowest BCUT2D eigenvalue weighted by atomic mass is 10.1. The van der Waals surface area contributed by atoms with E-state index in [2.05, 4.69) is 31.9 Å². The van der Waals surface area contributed by atoms with Crippen molar-refractivity contribution in [2.75, 3.05) is 44.0 Å².